The normalized spacial score (nSPS) is 8.83. The molecule has 0 unspecified atom stereocenters. The minimum Gasteiger partial charge on any atom is -0.454 e. The van der Waals surface area contributed by atoms with Crippen LogP contribution in [0.25, 0.3) is 0 Å². The monoisotopic (exact) mass is 165 g/mol. The number of nitrogens with zero attached hydrogens (tertiary/aromatic N) is 1. The summed E-state index contributed by atoms with van der Waals surface area (Å²) in [6.07, 6.45) is 0.265. The molecule has 64 valence electrons. The van der Waals surface area contributed by atoms with Crippen LogP contribution in [0.5, 0.6) is 0 Å². The quantitative estimate of drug-likeness (QED) is 0.470. The zero-order valence-electron chi connectivity index (χ0n) is 7.15. The lowest BCUT2D eigenvalue weighted by Crippen LogP contribution is -2.02. The first kappa shape index (κ1) is 8.59. The maximum atomic E-state index is 4.83. The van der Waals surface area contributed by atoms with Gasteiger partial charge in [0.25, 0.3) is 0 Å². The maximum absolute atomic E-state index is 4.83. The standard InChI is InChI=1S/C9H11NO2/c1-11-9(12-2)10-8-6-4-3-5-7-8/h3-7H,1-2H3. The second-order valence-corrected chi connectivity index (χ2v) is 2.12. The molecule has 0 fully saturated rings. The molecule has 0 aromatic heterocycles. The van der Waals surface area contributed by atoms with Crippen LogP contribution in [0.1, 0.15) is 0 Å². The van der Waals surface area contributed by atoms with Crippen molar-refractivity contribution >= 4 is 11.8 Å². The van der Waals surface area contributed by atoms with Crippen LogP contribution >= 0.6 is 0 Å². The predicted octanol–water partition coefficient (Wildman–Crippen LogP) is 1.97. The fraction of sp³-hybridized carbons (Fsp3) is 0.222. The molecule has 0 N–H and O–H groups in total. The zero-order valence-corrected chi connectivity index (χ0v) is 7.15. The van der Waals surface area contributed by atoms with Crippen molar-refractivity contribution in [1.82, 2.24) is 0 Å². The van der Waals surface area contributed by atoms with Gasteiger partial charge in [-0.1, -0.05) is 18.2 Å². The second-order valence-electron chi connectivity index (χ2n) is 2.12. The van der Waals surface area contributed by atoms with Crippen LogP contribution in [0.4, 0.5) is 5.69 Å². The third kappa shape index (κ3) is 2.27. The van der Waals surface area contributed by atoms with Gasteiger partial charge in [-0.2, -0.15) is 4.99 Å². The molecule has 0 aliphatic rings. The summed E-state index contributed by atoms with van der Waals surface area (Å²) in [5.41, 5.74) is 0.816. The Hall–Kier alpha value is -1.51. The van der Waals surface area contributed by atoms with Crippen LogP contribution in [0.3, 0.4) is 0 Å². The third-order valence-corrected chi connectivity index (χ3v) is 1.33. The molecule has 0 saturated heterocycles. The number of benzene rings is 1. The highest BCUT2D eigenvalue weighted by Gasteiger charge is 1.94. The summed E-state index contributed by atoms with van der Waals surface area (Å²) in [4.78, 5) is 4.07. The molecule has 0 aliphatic heterocycles. The Morgan fingerprint density at radius 2 is 1.67 bits per heavy atom. The van der Waals surface area contributed by atoms with Gasteiger partial charge in [-0.15, -0.1) is 0 Å². The summed E-state index contributed by atoms with van der Waals surface area (Å²) >= 11 is 0. The number of hydrogen-bond acceptors (Lipinski definition) is 3. The summed E-state index contributed by atoms with van der Waals surface area (Å²) in [6, 6.07) is 9.48. The Kier molecular flexibility index (Phi) is 3.14. The van der Waals surface area contributed by atoms with Crippen LogP contribution in [-0.4, -0.2) is 20.3 Å². The van der Waals surface area contributed by atoms with E-state index < -0.39 is 0 Å². The summed E-state index contributed by atoms with van der Waals surface area (Å²) in [7, 11) is 3.04. The molecular formula is C9H11NO2. The molecule has 12 heavy (non-hydrogen) atoms. The van der Waals surface area contributed by atoms with Crippen LogP contribution in [0.2, 0.25) is 0 Å². The number of rotatable bonds is 1. The van der Waals surface area contributed by atoms with Crippen molar-refractivity contribution in [2.75, 3.05) is 14.2 Å². The van der Waals surface area contributed by atoms with E-state index in [1.807, 2.05) is 30.3 Å². The molecule has 1 rings (SSSR count). The lowest BCUT2D eigenvalue weighted by molar-refractivity contribution is 0.243. The Morgan fingerprint density at radius 3 is 2.17 bits per heavy atom. The first-order chi connectivity index (χ1) is 5.86. The van der Waals surface area contributed by atoms with E-state index in [0.717, 1.165) is 5.69 Å². The molecule has 0 radical (unpaired) electrons. The number of hydrogen-bond donors (Lipinski definition) is 0. The second kappa shape index (κ2) is 4.38. The van der Waals surface area contributed by atoms with Crippen molar-refractivity contribution in [1.29, 1.82) is 0 Å². The van der Waals surface area contributed by atoms with Gasteiger partial charge in [0.2, 0.25) is 0 Å². The van der Waals surface area contributed by atoms with Gasteiger partial charge in [0, 0.05) is 0 Å². The SMILES string of the molecule is COC(=Nc1ccccc1)OC. The van der Waals surface area contributed by atoms with Crippen molar-refractivity contribution in [3.63, 3.8) is 0 Å². The third-order valence-electron chi connectivity index (χ3n) is 1.33. The van der Waals surface area contributed by atoms with Crippen molar-refractivity contribution in [3.8, 4) is 0 Å². The fourth-order valence-electron chi connectivity index (χ4n) is 0.783. The highest BCUT2D eigenvalue weighted by molar-refractivity contribution is 5.70. The number of methoxy groups -OCH3 is 2. The molecule has 0 spiro atoms. The van der Waals surface area contributed by atoms with Crippen molar-refractivity contribution in [2.45, 2.75) is 0 Å². The Morgan fingerprint density at radius 1 is 1.08 bits per heavy atom. The molecule has 3 nitrogen and oxygen atoms in total. The summed E-state index contributed by atoms with van der Waals surface area (Å²) in [5.74, 6) is 0. The Balaban J connectivity index is 2.79. The fourth-order valence-corrected chi connectivity index (χ4v) is 0.783. The smallest absolute Gasteiger partial charge is 0.388 e. The van der Waals surface area contributed by atoms with Crippen molar-refractivity contribution < 1.29 is 9.47 Å². The molecule has 1 aromatic rings. The molecule has 3 heteroatoms. The molecule has 0 amide bonds. The summed E-state index contributed by atoms with van der Waals surface area (Å²) < 4.78 is 9.66. The summed E-state index contributed by atoms with van der Waals surface area (Å²) in [6.45, 7) is 0. The topological polar surface area (TPSA) is 30.8 Å². The number of aliphatic imine (C=N–C) groups is 1. The van der Waals surface area contributed by atoms with Crippen molar-refractivity contribution in [2.24, 2.45) is 4.99 Å². The molecule has 0 heterocycles. The zero-order chi connectivity index (χ0) is 8.81. The first-order valence-corrected chi connectivity index (χ1v) is 3.58. The molecule has 1 aromatic carbocycles. The average Bonchev–Trinajstić information content (AvgIpc) is 2.16. The van der Waals surface area contributed by atoms with E-state index in [1.165, 1.54) is 14.2 Å². The van der Waals surface area contributed by atoms with E-state index in [9.17, 15) is 0 Å². The minimum absolute atomic E-state index is 0.265. The highest BCUT2D eigenvalue weighted by Crippen LogP contribution is 2.09. The maximum Gasteiger partial charge on any atom is 0.388 e. The van der Waals surface area contributed by atoms with Gasteiger partial charge in [-0.3, -0.25) is 0 Å². The van der Waals surface area contributed by atoms with Gasteiger partial charge in [-0.25, -0.2) is 0 Å². The average molecular weight is 165 g/mol. The highest BCUT2D eigenvalue weighted by atomic mass is 16.7. The molecule has 0 bridgehead atoms. The van der Waals surface area contributed by atoms with E-state index in [4.69, 9.17) is 9.47 Å². The van der Waals surface area contributed by atoms with Crippen LogP contribution < -0.4 is 0 Å². The molecule has 0 saturated carbocycles. The minimum atomic E-state index is 0.265. The van der Waals surface area contributed by atoms with Gasteiger partial charge in [0.05, 0.1) is 19.9 Å². The molecule has 0 atom stereocenters. The van der Waals surface area contributed by atoms with Gasteiger partial charge >= 0.3 is 6.08 Å². The lowest BCUT2D eigenvalue weighted by Gasteiger charge is -2.00. The van der Waals surface area contributed by atoms with Crippen molar-refractivity contribution in [3.05, 3.63) is 30.3 Å². The number of para-hydroxylation sites is 1. The largest absolute Gasteiger partial charge is 0.454 e. The van der Waals surface area contributed by atoms with Gasteiger partial charge in [-0.05, 0) is 12.1 Å². The van der Waals surface area contributed by atoms with Crippen LogP contribution in [-0.2, 0) is 9.47 Å². The van der Waals surface area contributed by atoms with E-state index >= 15 is 0 Å². The Labute approximate surface area is 71.6 Å². The van der Waals surface area contributed by atoms with Gasteiger partial charge in [0.1, 0.15) is 0 Å². The van der Waals surface area contributed by atoms with Gasteiger partial charge < -0.3 is 9.47 Å². The van der Waals surface area contributed by atoms with Crippen LogP contribution in [0, 0.1) is 0 Å². The molecular weight excluding hydrogens is 154 g/mol. The van der Waals surface area contributed by atoms with E-state index in [2.05, 4.69) is 4.99 Å². The van der Waals surface area contributed by atoms with E-state index in [1.54, 1.807) is 0 Å². The molecule has 0 aliphatic carbocycles. The van der Waals surface area contributed by atoms with Gasteiger partial charge in [0.15, 0.2) is 0 Å². The summed E-state index contributed by atoms with van der Waals surface area (Å²) in [5, 5.41) is 0. The van der Waals surface area contributed by atoms with E-state index in [0.29, 0.717) is 0 Å². The first-order valence-electron chi connectivity index (χ1n) is 3.58. The predicted molar refractivity (Wildman–Crippen MR) is 47.6 cm³/mol. The number of ether oxygens (including phenoxy) is 2. The lowest BCUT2D eigenvalue weighted by atomic mass is 10.3. The van der Waals surface area contributed by atoms with E-state index in [-0.39, 0.29) is 6.08 Å². The Bertz CT molecular complexity index is 250. The van der Waals surface area contributed by atoms with Crippen LogP contribution in [0.15, 0.2) is 35.3 Å².